The predicted molar refractivity (Wildman–Crippen MR) is 127 cm³/mol. The monoisotopic (exact) mass is 404 g/mol. The second-order valence-corrected chi connectivity index (χ2v) is 7.86. The molecule has 2 nitrogen and oxygen atoms in total. The lowest BCUT2D eigenvalue weighted by atomic mass is 9.98. The maximum Gasteiger partial charge on any atom is 0.119 e. The van der Waals surface area contributed by atoms with Crippen LogP contribution in [0.2, 0.25) is 0 Å². The van der Waals surface area contributed by atoms with E-state index in [1.807, 2.05) is 24.3 Å². The second-order valence-electron chi connectivity index (χ2n) is 7.86. The third-order valence-electron chi connectivity index (χ3n) is 5.65. The van der Waals surface area contributed by atoms with Crippen molar-refractivity contribution >= 4 is 0 Å². The van der Waals surface area contributed by atoms with Crippen molar-refractivity contribution in [3.05, 3.63) is 101 Å². The zero-order valence-electron chi connectivity index (χ0n) is 18.8. The van der Waals surface area contributed by atoms with Crippen molar-refractivity contribution < 1.29 is 9.84 Å². The number of aliphatic hydroxyl groups is 1. The zero-order valence-corrected chi connectivity index (χ0v) is 18.8. The molecule has 0 heterocycles. The number of ether oxygens (including phenoxy) is 1. The van der Waals surface area contributed by atoms with Crippen molar-refractivity contribution in [3.63, 3.8) is 0 Å². The molecule has 0 aliphatic rings. The fourth-order valence-electron chi connectivity index (χ4n) is 3.05. The van der Waals surface area contributed by atoms with Crippen LogP contribution in [-0.2, 0) is 13.2 Å². The van der Waals surface area contributed by atoms with E-state index in [0.717, 1.165) is 17.7 Å². The molecule has 0 bridgehead atoms. The molecule has 0 amide bonds. The molecule has 0 saturated carbocycles. The van der Waals surface area contributed by atoms with Gasteiger partial charge in [-0.1, -0.05) is 94.4 Å². The third kappa shape index (κ3) is 7.68. The standard InChI is InChI=1S/C18H22O2.C10H14/c1-3-14(2)17-8-4-16(5-9-17)13-20-18-10-6-15(12-19)7-11-18;1-3-9(2)10-7-5-4-6-8-10/h4-11,14,19H,3,12-13H2,1-2H3;4-9H,3H2,1-2H3. The van der Waals surface area contributed by atoms with E-state index in [0.29, 0.717) is 18.4 Å². The van der Waals surface area contributed by atoms with Gasteiger partial charge in [0, 0.05) is 0 Å². The molecular weight excluding hydrogens is 368 g/mol. The SMILES string of the molecule is CCC(C)c1ccc(COc2ccc(CO)cc2)cc1.CCC(C)c1ccccc1. The summed E-state index contributed by atoms with van der Waals surface area (Å²) in [6, 6.07) is 26.8. The summed E-state index contributed by atoms with van der Waals surface area (Å²) < 4.78 is 5.74. The summed E-state index contributed by atoms with van der Waals surface area (Å²) in [6.45, 7) is 9.57. The first-order valence-electron chi connectivity index (χ1n) is 11.0. The Labute approximate surface area is 182 Å². The average Bonchev–Trinajstić information content (AvgIpc) is 2.83. The fourth-order valence-corrected chi connectivity index (χ4v) is 3.05. The third-order valence-corrected chi connectivity index (χ3v) is 5.65. The van der Waals surface area contributed by atoms with Crippen molar-refractivity contribution in [2.45, 2.75) is 65.6 Å². The number of rotatable bonds is 8. The van der Waals surface area contributed by atoms with Gasteiger partial charge in [0.1, 0.15) is 12.4 Å². The highest BCUT2D eigenvalue weighted by atomic mass is 16.5. The maximum absolute atomic E-state index is 8.99. The van der Waals surface area contributed by atoms with Crippen LogP contribution in [0.25, 0.3) is 0 Å². The molecule has 0 fully saturated rings. The highest BCUT2D eigenvalue weighted by molar-refractivity contribution is 5.28. The van der Waals surface area contributed by atoms with E-state index >= 15 is 0 Å². The molecule has 0 spiro atoms. The minimum absolute atomic E-state index is 0.0668. The molecule has 3 aromatic carbocycles. The molecule has 0 aliphatic carbocycles. The number of benzene rings is 3. The van der Waals surface area contributed by atoms with Crippen LogP contribution < -0.4 is 4.74 Å². The molecule has 0 radical (unpaired) electrons. The Balaban J connectivity index is 0.000000269. The first-order chi connectivity index (χ1) is 14.6. The van der Waals surface area contributed by atoms with Gasteiger partial charge in [-0.2, -0.15) is 0 Å². The maximum atomic E-state index is 8.99. The van der Waals surface area contributed by atoms with E-state index < -0.39 is 0 Å². The molecular formula is C28H36O2. The van der Waals surface area contributed by atoms with E-state index in [-0.39, 0.29) is 6.61 Å². The molecule has 1 N–H and O–H groups in total. The Morgan fingerprint density at radius 1 is 0.667 bits per heavy atom. The van der Waals surface area contributed by atoms with Gasteiger partial charge in [-0.15, -0.1) is 0 Å². The highest BCUT2D eigenvalue weighted by Gasteiger charge is 2.03. The van der Waals surface area contributed by atoms with Gasteiger partial charge in [0.05, 0.1) is 6.61 Å². The summed E-state index contributed by atoms with van der Waals surface area (Å²) in [6.07, 6.45) is 2.39. The molecule has 2 atom stereocenters. The lowest BCUT2D eigenvalue weighted by Gasteiger charge is -2.10. The van der Waals surface area contributed by atoms with Crippen molar-refractivity contribution in [1.29, 1.82) is 0 Å². The normalized spacial score (nSPS) is 12.4. The van der Waals surface area contributed by atoms with Crippen LogP contribution in [0.15, 0.2) is 78.9 Å². The largest absolute Gasteiger partial charge is 0.489 e. The van der Waals surface area contributed by atoms with Crippen LogP contribution in [-0.4, -0.2) is 5.11 Å². The molecule has 0 aliphatic heterocycles. The minimum atomic E-state index is 0.0668. The molecule has 3 aromatic rings. The lowest BCUT2D eigenvalue weighted by Crippen LogP contribution is -1.97. The number of hydrogen-bond donors (Lipinski definition) is 1. The molecule has 2 heteroatoms. The van der Waals surface area contributed by atoms with Crippen molar-refractivity contribution in [2.24, 2.45) is 0 Å². The Hall–Kier alpha value is -2.58. The van der Waals surface area contributed by atoms with E-state index in [4.69, 9.17) is 9.84 Å². The minimum Gasteiger partial charge on any atom is -0.489 e. The van der Waals surface area contributed by atoms with Gasteiger partial charge in [-0.25, -0.2) is 0 Å². The van der Waals surface area contributed by atoms with E-state index in [2.05, 4.69) is 82.3 Å². The van der Waals surface area contributed by atoms with Gasteiger partial charge in [-0.05, 0) is 59.1 Å². The number of aliphatic hydroxyl groups excluding tert-OH is 1. The molecule has 30 heavy (non-hydrogen) atoms. The summed E-state index contributed by atoms with van der Waals surface area (Å²) >= 11 is 0. The molecule has 2 unspecified atom stereocenters. The van der Waals surface area contributed by atoms with Gasteiger partial charge in [-0.3, -0.25) is 0 Å². The first kappa shape index (κ1) is 23.7. The smallest absolute Gasteiger partial charge is 0.119 e. The summed E-state index contributed by atoms with van der Waals surface area (Å²) in [5.41, 5.74) is 4.90. The fraction of sp³-hybridized carbons (Fsp3) is 0.357. The Bertz CT molecular complexity index is 823. The van der Waals surface area contributed by atoms with Crippen molar-refractivity contribution in [3.8, 4) is 5.75 Å². The van der Waals surface area contributed by atoms with E-state index in [1.54, 1.807) is 0 Å². The van der Waals surface area contributed by atoms with Crippen LogP contribution >= 0.6 is 0 Å². The van der Waals surface area contributed by atoms with Gasteiger partial charge in [0.2, 0.25) is 0 Å². The highest BCUT2D eigenvalue weighted by Crippen LogP contribution is 2.20. The predicted octanol–water partition coefficient (Wildman–Crippen LogP) is 7.47. The van der Waals surface area contributed by atoms with Crippen LogP contribution in [0.5, 0.6) is 5.75 Å². The Morgan fingerprint density at radius 2 is 1.17 bits per heavy atom. The summed E-state index contributed by atoms with van der Waals surface area (Å²) in [5, 5.41) is 8.99. The molecule has 3 rings (SSSR count). The van der Waals surface area contributed by atoms with Crippen LogP contribution in [0.4, 0.5) is 0 Å². The van der Waals surface area contributed by atoms with Crippen LogP contribution in [0.3, 0.4) is 0 Å². The van der Waals surface area contributed by atoms with Crippen molar-refractivity contribution in [1.82, 2.24) is 0 Å². The van der Waals surface area contributed by atoms with Gasteiger partial charge in [0.15, 0.2) is 0 Å². The van der Waals surface area contributed by atoms with Crippen LogP contribution in [0, 0.1) is 0 Å². The Kier molecular flexibility index (Phi) is 10.2. The first-order valence-corrected chi connectivity index (χ1v) is 11.0. The zero-order chi connectivity index (χ0) is 21.8. The quantitative estimate of drug-likeness (QED) is 0.422. The van der Waals surface area contributed by atoms with Gasteiger partial charge in [0.25, 0.3) is 0 Å². The summed E-state index contributed by atoms with van der Waals surface area (Å²) in [5.74, 6) is 2.14. The van der Waals surface area contributed by atoms with E-state index in [1.165, 1.54) is 23.1 Å². The van der Waals surface area contributed by atoms with Gasteiger partial charge < -0.3 is 9.84 Å². The average molecular weight is 405 g/mol. The number of hydrogen-bond acceptors (Lipinski definition) is 2. The molecule has 160 valence electrons. The van der Waals surface area contributed by atoms with Crippen molar-refractivity contribution in [2.75, 3.05) is 0 Å². The second kappa shape index (κ2) is 12.9. The Morgan fingerprint density at radius 3 is 1.67 bits per heavy atom. The summed E-state index contributed by atoms with van der Waals surface area (Å²) in [7, 11) is 0. The van der Waals surface area contributed by atoms with E-state index in [9.17, 15) is 0 Å². The van der Waals surface area contributed by atoms with Gasteiger partial charge >= 0.3 is 0 Å². The van der Waals surface area contributed by atoms with Crippen LogP contribution in [0.1, 0.15) is 74.6 Å². The molecule has 0 saturated heterocycles. The molecule has 0 aromatic heterocycles. The lowest BCUT2D eigenvalue weighted by molar-refractivity contribution is 0.280. The summed E-state index contributed by atoms with van der Waals surface area (Å²) in [4.78, 5) is 0. The topological polar surface area (TPSA) is 29.5 Å².